The molecule has 0 saturated carbocycles. The molecule has 1 saturated heterocycles. The van der Waals surface area contributed by atoms with Crippen molar-refractivity contribution in [2.24, 2.45) is 0 Å². The maximum atomic E-state index is 11.3. The van der Waals surface area contributed by atoms with Gasteiger partial charge in [-0.1, -0.05) is 18.2 Å². The second-order valence-electron chi connectivity index (χ2n) is 5.25. The van der Waals surface area contributed by atoms with Crippen LogP contribution in [0.3, 0.4) is 0 Å². The number of benzene rings is 1. The van der Waals surface area contributed by atoms with Gasteiger partial charge < -0.3 is 15.0 Å². The predicted octanol–water partition coefficient (Wildman–Crippen LogP) is 2.60. The molecule has 2 heterocycles. The van der Waals surface area contributed by atoms with Crippen molar-refractivity contribution in [3.63, 3.8) is 0 Å². The molecule has 4 nitrogen and oxygen atoms in total. The Hall–Kier alpha value is -1.97. The number of hydrogen-bond donors (Lipinski definition) is 2. The van der Waals surface area contributed by atoms with E-state index < -0.39 is 5.60 Å². The fourth-order valence-corrected chi connectivity index (χ4v) is 2.47. The van der Waals surface area contributed by atoms with E-state index in [1.807, 2.05) is 38.2 Å². The molecule has 0 aliphatic carbocycles. The van der Waals surface area contributed by atoms with Gasteiger partial charge in [-0.3, -0.25) is 0 Å². The highest BCUT2D eigenvalue weighted by atomic mass is 16.6. The van der Waals surface area contributed by atoms with Gasteiger partial charge in [-0.05, 0) is 31.9 Å². The number of cyclic esters (lactones) is 1. The first-order chi connectivity index (χ1) is 8.56. The summed E-state index contributed by atoms with van der Waals surface area (Å²) in [5.74, 6) is 0. The fourth-order valence-electron chi connectivity index (χ4n) is 2.47. The largest absolute Gasteiger partial charge is 0.441 e. The van der Waals surface area contributed by atoms with Crippen LogP contribution >= 0.6 is 0 Å². The number of alkyl carbamates (subject to hydrolysis) is 1. The number of aromatic amines is 1. The van der Waals surface area contributed by atoms with E-state index in [0.717, 1.165) is 11.9 Å². The highest BCUT2D eigenvalue weighted by molar-refractivity contribution is 5.83. The van der Waals surface area contributed by atoms with Gasteiger partial charge in [0.15, 0.2) is 0 Å². The smallest absolute Gasteiger partial charge is 0.408 e. The van der Waals surface area contributed by atoms with Crippen molar-refractivity contribution in [1.29, 1.82) is 0 Å². The van der Waals surface area contributed by atoms with E-state index in [4.69, 9.17) is 4.74 Å². The minimum atomic E-state index is -0.463. The quantitative estimate of drug-likeness (QED) is 0.853. The van der Waals surface area contributed by atoms with Gasteiger partial charge in [0.25, 0.3) is 0 Å². The summed E-state index contributed by atoms with van der Waals surface area (Å²) >= 11 is 0. The summed E-state index contributed by atoms with van der Waals surface area (Å²) in [5, 5.41) is 4.08. The van der Waals surface area contributed by atoms with Gasteiger partial charge in [0.05, 0.1) is 6.04 Å². The van der Waals surface area contributed by atoms with E-state index in [0.29, 0.717) is 0 Å². The lowest BCUT2D eigenvalue weighted by Crippen LogP contribution is -2.40. The van der Waals surface area contributed by atoms with Crippen LogP contribution in [0.5, 0.6) is 0 Å². The number of hydrogen-bond acceptors (Lipinski definition) is 2. The summed E-state index contributed by atoms with van der Waals surface area (Å²) in [6, 6.07) is 8.17. The van der Waals surface area contributed by atoms with Crippen molar-refractivity contribution in [2.45, 2.75) is 31.9 Å². The van der Waals surface area contributed by atoms with Gasteiger partial charge in [0.1, 0.15) is 5.60 Å². The van der Waals surface area contributed by atoms with Gasteiger partial charge in [0.2, 0.25) is 0 Å². The zero-order valence-corrected chi connectivity index (χ0v) is 10.5. The van der Waals surface area contributed by atoms with E-state index in [2.05, 4.69) is 16.4 Å². The summed E-state index contributed by atoms with van der Waals surface area (Å²) in [4.78, 5) is 14.6. The molecular formula is C14H16N2O2. The summed E-state index contributed by atoms with van der Waals surface area (Å²) in [6.45, 7) is 3.87. The van der Waals surface area contributed by atoms with Gasteiger partial charge in [-0.15, -0.1) is 0 Å². The van der Waals surface area contributed by atoms with E-state index in [9.17, 15) is 4.79 Å². The van der Waals surface area contributed by atoms with E-state index in [-0.39, 0.29) is 12.1 Å². The summed E-state index contributed by atoms with van der Waals surface area (Å²) in [7, 11) is 0. The zero-order chi connectivity index (χ0) is 12.8. The molecular weight excluding hydrogens is 228 g/mol. The number of carbonyl (C=O) groups excluding carboxylic acids is 1. The topological polar surface area (TPSA) is 54.1 Å². The molecule has 2 aromatic rings. The Bertz CT molecular complexity index is 601. The van der Waals surface area contributed by atoms with Crippen LogP contribution in [0.25, 0.3) is 10.9 Å². The molecule has 4 heteroatoms. The van der Waals surface area contributed by atoms with Crippen LogP contribution in [0.2, 0.25) is 0 Å². The van der Waals surface area contributed by atoms with Gasteiger partial charge >= 0.3 is 6.09 Å². The monoisotopic (exact) mass is 244 g/mol. The Morgan fingerprint density at radius 3 is 2.83 bits per heavy atom. The molecule has 1 aromatic heterocycles. The number of carbonyl (C=O) groups is 1. The Labute approximate surface area is 105 Å². The standard InChI is InChI=1S/C14H16N2O2/c1-14(2)12(16-13(17)18-14)7-9-8-15-11-6-4-3-5-10(9)11/h3-6,8,12,15H,7H2,1-2H3,(H,16,17)/t12-/m0/s1. The van der Waals surface area contributed by atoms with Gasteiger partial charge in [0, 0.05) is 17.1 Å². The molecule has 1 aromatic carbocycles. The molecule has 2 N–H and O–H groups in total. The molecule has 3 rings (SSSR count). The molecule has 94 valence electrons. The third-order valence-corrected chi connectivity index (χ3v) is 3.59. The van der Waals surface area contributed by atoms with Gasteiger partial charge in [-0.2, -0.15) is 0 Å². The number of H-pyrrole nitrogens is 1. The first kappa shape index (κ1) is 11.1. The third kappa shape index (κ3) is 1.74. The lowest BCUT2D eigenvalue weighted by Gasteiger charge is -2.23. The van der Waals surface area contributed by atoms with Crippen molar-refractivity contribution < 1.29 is 9.53 Å². The zero-order valence-electron chi connectivity index (χ0n) is 10.5. The van der Waals surface area contributed by atoms with Crippen molar-refractivity contribution in [3.8, 4) is 0 Å². The van der Waals surface area contributed by atoms with Crippen LogP contribution in [-0.2, 0) is 11.2 Å². The number of amides is 1. The van der Waals surface area contributed by atoms with Crippen LogP contribution in [0.15, 0.2) is 30.5 Å². The summed E-state index contributed by atoms with van der Waals surface area (Å²) in [5.41, 5.74) is 1.86. The first-order valence-electron chi connectivity index (χ1n) is 6.11. The van der Waals surface area contributed by atoms with E-state index in [1.54, 1.807) is 0 Å². The number of aromatic nitrogens is 1. The van der Waals surface area contributed by atoms with E-state index >= 15 is 0 Å². The summed E-state index contributed by atoms with van der Waals surface area (Å²) in [6.07, 6.45) is 2.44. The molecule has 1 aliphatic rings. The summed E-state index contributed by atoms with van der Waals surface area (Å²) < 4.78 is 5.26. The second kappa shape index (κ2) is 3.77. The molecule has 0 radical (unpaired) electrons. The Balaban J connectivity index is 1.91. The average molecular weight is 244 g/mol. The molecule has 1 amide bonds. The third-order valence-electron chi connectivity index (χ3n) is 3.59. The van der Waals surface area contributed by atoms with Crippen molar-refractivity contribution >= 4 is 17.0 Å². The molecule has 18 heavy (non-hydrogen) atoms. The Morgan fingerprint density at radius 2 is 2.11 bits per heavy atom. The van der Waals surface area contributed by atoms with Gasteiger partial charge in [-0.25, -0.2) is 4.79 Å². The predicted molar refractivity (Wildman–Crippen MR) is 69.5 cm³/mol. The lowest BCUT2D eigenvalue weighted by atomic mass is 9.93. The number of ether oxygens (including phenoxy) is 1. The van der Waals surface area contributed by atoms with Crippen molar-refractivity contribution in [2.75, 3.05) is 0 Å². The van der Waals surface area contributed by atoms with Crippen LogP contribution in [0.1, 0.15) is 19.4 Å². The highest BCUT2D eigenvalue weighted by Gasteiger charge is 2.41. The number of nitrogens with one attached hydrogen (secondary N) is 2. The van der Waals surface area contributed by atoms with Crippen LogP contribution in [-0.4, -0.2) is 22.7 Å². The Kier molecular flexibility index (Phi) is 2.33. The van der Waals surface area contributed by atoms with Crippen LogP contribution in [0.4, 0.5) is 4.79 Å². The second-order valence-corrected chi connectivity index (χ2v) is 5.25. The SMILES string of the molecule is CC1(C)OC(=O)N[C@H]1Cc1c[nH]c2ccccc12. The maximum Gasteiger partial charge on any atom is 0.408 e. The van der Waals surface area contributed by atoms with E-state index in [1.165, 1.54) is 10.9 Å². The van der Waals surface area contributed by atoms with Crippen LogP contribution in [0, 0.1) is 0 Å². The molecule has 1 atom stereocenters. The number of fused-ring (bicyclic) bond motifs is 1. The molecule has 1 fully saturated rings. The Morgan fingerprint density at radius 1 is 1.33 bits per heavy atom. The van der Waals surface area contributed by atoms with Crippen LogP contribution < -0.4 is 5.32 Å². The molecule has 0 spiro atoms. The minimum absolute atomic E-state index is 0.00389. The number of rotatable bonds is 2. The van der Waals surface area contributed by atoms with Crippen molar-refractivity contribution in [3.05, 3.63) is 36.0 Å². The molecule has 1 aliphatic heterocycles. The molecule has 0 unspecified atom stereocenters. The van der Waals surface area contributed by atoms with Crippen molar-refractivity contribution in [1.82, 2.24) is 10.3 Å². The lowest BCUT2D eigenvalue weighted by molar-refractivity contribution is 0.0685. The number of para-hydroxylation sites is 1. The first-order valence-corrected chi connectivity index (χ1v) is 6.11. The maximum absolute atomic E-state index is 11.3. The molecule has 0 bridgehead atoms. The fraction of sp³-hybridized carbons (Fsp3) is 0.357. The minimum Gasteiger partial charge on any atom is -0.441 e. The highest BCUT2D eigenvalue weighted by Crippen LogP contribution is 2.27. The average Bonchev–Trinajstić information content (AvgIpc) is 2.82. The normalized spacial score (nSPS) is 21.9.